The summed E-state index contributed by atoms with van der Waals surface area (Å²) in [7, 11) is 1.76. The zero-order valence-corrected chi connectivity index (χ0v) is 22.1. The van der Waals surface area contributed by atoms with E-state index in [0.29, 0.717) is 12.5 Å². The van der Waals surface area contributed by atoms with Crippen LogP contribution in [0.2, 0.25) is 0 Å². The predicted octanol–water partition coefficient (Wildman–Crippen LogP) is 6.53. The summed E-state index contributed by atoms with van der Waals surface area (Å²) in [5.74, 6) is 2.29. The van der Waals surface area contributed by atoms with Crippen molar-refractivity contribution >= 4 is 5.82 Å². The summed E-state index contributed by atoms with van der Waals surface area (Å²) in [6, 6.07) is 15.5. The van der Waals surface area contributed by atoms with Gasteiger partial charge in [-0.25, -0.2) is 9.97 Å². The Morgan fingerprint density at radius 3 is 2.36 bits per heavy atom. The first-order valence-corrected chi connectivity index (χ1v) is 13.7. The summed E-state index contributed by atoms with van der Waals surface area (Å²) >= 11 is 0. The molecule has 2 aromatic carbocycles. The van der Waals surface area contributed by atoms with E-state index in [-0.39, 0.29) is 12.1 Å². The lowest BCUT2D eigenvalue weighted by molar-refractivity contribution is 0.0606. The van der Waals surface area contributed by atoms with E-state index >= 15 is 0 Å². The second-order valence-corrected chi connectivity index (χ2v) is 10.0. The lowest BCUT2D eigenvalue weighted by Gasteiger charge is -2.23. The first-order valence-electron chi connectivity index (χ1n) is 13.7. The van der Waals surface area contributed by atoms with E-state index in [1.165, 1.54) is 23.1 Å². The number of rotatable bonds is 9. The number of benzene rings is 2. The summed E-state index contributed by atoms with van der Waals surface area (Å²) in [6.07, 6.45) is 7.31. The molecule has 0 amide bonds. The van der Waals surface area contributed by atoms with Crippen LogP contribution in [0.1, 0.15) is 74.0 Å². The number of hydrogen-bond acceptors (Lipinski definition) is 5. The van der Waals surface area contributed by atoms with E-state index < -0.39 is 0 Å². The minimum Gasteiger partial charge on any atom is -0.496 e. The molecule has 1 N–H and O–H groups in total. The molecule has 1 heterocycles. The summed E-state index contributed by atoms with van der Waals surface area (Å²) in [5, 5.41) is 3.79. The lowest BCUT2D eigenvalue weighted by Crippen LogP contribution is -2.31. The predicted molar refractivity (Wildman–Crippen MR) is 146 cm³/mol. The largest absolute Gasteiger partial charge is 0.496 e. The molecule has 3 atom stereocenters. The van der Waals surface area contributed by atoms with Crippen LogP contribution in [0.15, 0.2) is 42.5 Å². The van der Waals surface area contributed by atoms with Gasteiger partial charge in [0.1, 0.15) is 11.6 Å². The highest BCUT2D eigenvalue weighted by Crippen LogP contribution is 2.40. The van der Waals surface area contributed by atoms with Gasteiger partial charge >= 0.3 is 0 Å². The highest BCUT2D eigenvalue weighted by atomic mass is 16.5. The molecule has 190 valence electrons. The summed E-state index contributed by atoms with van der Waals surface area (Å²) in [6.45, 7) is 7.12. The Morgan fingerprint density at radius 2 is 1.67 bits per heavy atom. The van der Waals surface area contributed by atoms with Crippen LogP contribution in [0.5, 0.6) is 5.75 Å². The fourth-order valence-electron chi connectivity index (χ4n) is 6.01. The lowest BCUT2D eigenvalue weighted by atomic mass is 9.97. The Hall–Kier alpha value is -2.92. The molecule has 0 bridgehead atoms. The smallest absolute Gasteiger partial charge is 0.148 e. The average Bonchev–Trinajstić information content (AvgIpc) is 3.55. The standard InChI is InChI=1S/C31H39N3O2/c1-5-25-30(24-16-21-14-11-15-22(21)18-28(24)35-4)32-26(6-2)31(33-25)34-27-17-23(19-29(27)36-7-3)20-12-9-8-10-13-20/h8-10,12-13,16,18,23,27,29H,5-7,11,14-15,17,19H2,1-4H3,(H,33,34)/t23-,27?,29-/m1/s1. The van der Waals surface area contributed by atoms with Crippen molar-refractivity contribution in [3.05, 3.63) is 70.5 Å². The molecule has 0 aliphatic heterocycles. The molecule has 1 unspecified atom stereocenters. The highest BCUT2D eigenvalue weighted by molar-refractivity contribution is 5.72. The molecule has 5 heteroatoms. The van der Waals surface area contributed by atoms with Crippen molar-refractivity contribution in [1.82, 2.24) is 9.97 Å². The van der Waals surface area contributed by atoms with Crippen LogP contribution in [0.25, 0.3) is 11.3 Å². The summed E-state index contributed by atoms with van der Waals surface area (Å²) in [5.41, 5.74) is 8.27. The molecule has 2 aliphatic carbocycles. The molecule has 1 aromatic heterocycles. The fraction of sp³-hybridized carbons (Fsp3) is 0.484. The van der Waals surface area contributed by atoms with Gasteiger partial charge in [0, 0.05) is 12.2 Å². The normalized spacial score (nSPS) is 20.9. The van der Waals surface area contributed by atoms with Gasteiger partial charge in [-0.2, -0.15) is 0 Å². The van der Waals surface area contributed by atoms with Crippen LogP contribution < -0.4 is 10.1 Å². The molecule has 1 saturated carbocycles. The molecule has 0 saturated heterocycles. The third-order valence-electron chi connectivity index (χ3n) is 7.86. The Labute approximate surface area is 215 Å². The van der Waals surface area contributed by atoms with E-state index in [2.05, 4.69) is 68.6 Å². The number of aromatic nitrogens is 2. The van der Waals surface area contributed by atoms with Gasteiger partial charge < -0.3 is 14.8 Å². The first kappa shape index (κ1) is 24.8. The Morgan fingerprint density at radius 1 is 0.917 bits per heavy atom. The van der Waals surface area contributed by atoms with E-state index in [4.69, 9.17) is 19.4 Å². The van der Waals surface area contributed by atoms with Crippen LogP contribution >= 0.6 is 0 Å². The molecule has 36 heavy (non-hydrogen) atoms. The number of nitrogens with zero attached hydrogens (tertiary/aromatic N) is 2. The van der Waals surface area contributed by atoms with Crippen molar-refractivity contribution in [3.8, 4) is 17.0 Å². The molecule has 5 rings (SSSR count). The molecule has 5 nitrogen and oxygen atoms in total. The van der Waals surface area contributed by atoms with Crippen LogP contribution in [-0.2, 0) is 30.4 Å². The third-order valence-corrected chi connectivity index (χ3v) is 7.86. The maximum Gasteiger partial charge on any atom is 0.148 e. The second-order valence-electron chi connectivity index (χ2n) is 10.0. The number of fused-ring (bicyclic) bond motifs is 1. The van der Waals surface area contributed by atoms with E-state index in [1.54, 1.807) is 7.11 Å². The SMILES string of the molecule is CCO[C@@H]1C[C@H](c2ccccc2)CC1Nc1nc(CC)c(-c2cc3c(cc2OC)CCC3)nc1CC. The zero-order chi connectivity index (χ0) is 25.1. The van der Waals surface area contributed by atoms with Crippen molar-refractivity contribution in [1.29, 1.82) is 0 Å². The van der Waals surface area contributed by atoms with Crippen molar-refractivity contribution in [3.63, 3.8) is 0 Å². The number of methoxy groups -OCH3 is 1. The van der Waals surface area contributed by atoms with Gasteiger partial charge in [-0.3, -0.25) is 0 Å². The molecular weight excluding hydrogens is 446 g/mol. The highest BCUT2D eigenvalue weighted by Gasteiger charge is 2.36. The first-order chi connectivity index (χ1) is 17.6. The Kier molecular flexibility index (Phi) is 7.56. The van der Waals surface area contributed by atoms with E-state index in [0.717, 1.165) is 72.7 Å². The van der Waals surface area contributed by atoms with Crippen molar-refractivity contribution < 1.29 is 9.47 Å². The van der Waals surface area contributed by atoms with Crippen LogP contribution in [0, 0.1) is 0 Å². The van der Waals surface area contributed by atoms with Crippen molar-refractivity contribution in [2.75, 3.05) is 19.0 Å². The number of nitrogens with one attached hydrogen (secondary N) is 1. The van der Waals surface area contributed by atoms with Crippen LogP contribution in [0.4, 0.5) is 5.82 Å². The summed E-state index contributed by atoms with van der Waals surface area (Å²) < 4.78 is 12.0. The van der Waals surface area contributed by atoms with E-state index in [9.17, 15) is 0 Å². The Balaban J connectivity index is 1.48. The third kappa shape index (κ3) is 4.86. The minimum absolute atomic E-state index is 0.160. The molecular formula is C31H39N3O2. The molecule has 0 spiro atoms. The maximum atomic E-state index is 6.21. The molecule has 2 aliphatic rings. The number of hydrogen-bond donors (Lipinski definition) is 1. The maximum absolute atomic E-state index is 6.21. The van der Waals surface area contributed by atoms with Gasteiger partial charge in [0.2, 0.25) is 0 Å². The van der Waals surface area contributed by atoms with Crippen LogP contribution in [0.3, 0.4) is 0 Å². The van der Waals surface area contributed by atoms with Gasteiger partial charge in [-0.05, 0) is 86.6 Å². The monoisotopic (exact) mass is 485 g/mol. The van der Waals surface area contributed by atoms with Gasteiger partial charge in [-0.1, -0.05) is 44.2 Å². The van der Waals surface area contributed by atoms with Crippen LogP contribution in [-0.4, -0.2) is 35.8 Å². The van der Waals surface area contributed by atoms with Gasteiger partial charge in [-0.15, -0.1) is 0 Å². The number of aryl methyl sites for hydroxylation is 4. The second kappa shape index (κ2) is 11.0. The van der Waals surface area contributed by atoms with Gasteiger partial charge in [0.25, 0.3) is 0 Å². The van der Waals surface area contributed by atoms with E-state index in [1.807, 2.05) is 0 Å². The Bertz CT molecular complexity index is 1190. The average molecular weight is 486 g/mol. The molecule has 1 fully saturated rings. The fourth-order valence-corrected chi connectivity index (χ4v) is 6.01. The quantitative estimate of drug-likeness (QED) is 0.373. The summed E-state index contributed by atoms with van der Waals surface area (Å²) in [4.78, 5) is 10.4. The van der Waals surface area contributed by atoms with Gasteiger partial charge in [0.15, 0.2) is 0 Å². The zero-order valence-electron chi connectivity index (χ0n) is 22.1. The molecule has 3 aromatic rings. The minimum atomic E-state index is 0.160. The number of anilines is 1. The number of ether oxygens (including phenoxy) is 2. The van der Waals surface area contributed by atoms with Crippen molar-refractivity contribution in [2.45, 2.75) is 83.8 Å². The van der Waals surface area contributed by atoms with Crippen molar-refractivity contribution in [2.24, 2.45) is 0 Å². The van der Waals surface area contributed by atoms with Gasteiger partial charge in [0.05, 0.1) is 36.3 Å². The molecule has 0 radical (unpaired) electrons. The topological polar surface area (TPSA) is 56.3 Å².